The summed E-state index contributed by atoms with van der Waals surface area (Å²) in [6, 6.07) is 0. The molecule has 0 aromatic heterocycles. The van der Waals surface area contributed by atoms with Crippen molar-refractivity contribution in [1.82, 2.24) is 0 Å². The number of hydrogen-bond acceptors (Lipinski definition) is 3. The first-order valence-electron chi connectivity index (χ1n) is 11.3. The predicted octanol–water partition coefficient (Wildman–Crippen LogP) is 7.16. The quantitative estimate of drug-likeness (QED) is 0.169. The summed E-state index contributed by atoms with van der Waals surface area (Å²) < 4.78 is 4.62. The third-order valence-electron chi connectivity index (χ3n) is 5.12. The van der Waals surface area contributed by atoms with Crippen molar-refractivity contribution in [3.63, 3.8) is 0 Å². The Morgan fingerprint density at radius 1 is 0.538 bits per heavy atom. The van der Waals surface area contributed by atoms with Crippen molar-refractivity contribution in [1.29, 1.82) is 0 Å². The van der Waals surface area contributed by atoms with E-state index >= 15 is 0 Å². The zero-order valence-electron chi connectivity index (χ0n) is 17.7. The van der Waals surface area contributed by atoms with Crippen LogP contribution in [0.3, 0.4) is 0 Å². The van der Waals surface area contributed by atoms with Crippen molar-refractivity contribution in [3.8, 4) is 0 Å². The van der Waals surface area contributed by atoms with Gasteiger partial charge in [-0.2, -0.15) is 0 Å². The van der Waals surface area contributed by atoms with Gasteiger partial charge in [0.15, 0.2) is 0 Å². The Kier molecular flexibility index (Phi) is 19.8. The lowest BCUT2D eigenvalue weighted by Crippen LogP contribution is -1.99. The molecule has 0 aliphatic carbocycles. The second-order valence-corrected chi connectivity index (χ2v) is 7.67. The number of Topliss-reactive ketones (excluding diaryl/α,β-unsaturated/α-hetero) is 1. The lowest BCUT2D eigenvalue weighted by atomic mass is 10.0. The van der Waals surface area contributed by atoms with E-state index in [0.29, 0.717) is 12.2 Å². The van der Waals surface area contributed by atoms with Gasteiger partial charge < -0.3 is 4.74 Å². The molecule has 0 aliphatic heterocycles. The second-order valence-electron chi connectivity index (χ2n) is 7.67. The lowest BCUT2D eigenvalue weighted by Gasteiger charge is -2.03. The fourth-order valence-electron chi connectivity index (χ4n) is 3.34. The van der Waals surface area contributed by atoms with Gasteiger partial charge in [-0.25, -0.2) is 0 Å². The molecule has 0 aromatic rings. The summed E-state index contributed by atoms with van der Waals surface area (Å²) in [5.41, 5.74) is 0. The molecular weight excluding hydrogens is 324 g/mol. The van der Waals surface area contributed by atoms with Gasteiger partial charge >= 0.3 is 5.97 Å². The van der Waals surface area contributed by atoms with Gasteiger partial charge in [-0.05, 0) is 19.3 Å². The van der Waals surface area contributed by atoms with Gasteiger partial charge in [0, 0.05) is 19.3 Å². The van der Waals surface area contributed by atoms with E-state index in [1.165, 1.54) is 71.3 Å². The molecule has 0 fully saturated rings. The van der Waals surface area contributed by atoms with Gasteiger partial charge in [-0.1, -0.05) is 90.4 Å². The fourth-order valence-corrected chi connectivity index (χ4v) is 3.34. The SMILES string of the molecule is CCCCCCCCCCCCCC(=O)CCCCCCCC(=O)OC. The van der Waals surface area contributed by atoms with Crippen molar-refractivity contribution in [2.24, 2.45) is 0 Å². The average molecular weight is 369 g/mol. The Morgan fingerprint density at radius 3 is 1.27 bits per heavy atom. The molecule has 0 atom stereocenters. The van der Waals surface area contributed by atoms with Crippen LogP contribution in [0.5, 0.6) is 0 Å². The standard InChI is InChI=1S/C23H44O3/c1-3-4-5-6-7-8-9-10-11-13-16-19-22(24)20-17-14-12-15-18-21-23(25)26-2/h3-21H2,1-2H3. The molecule has 154 valence electrons. The lowest BCUT2D eigenvalue weighted by molar-refractivity contribution is -0.140. The summed E-state index contributed by atoms with van der Waals surface area (Å²) in [6.07, 6.45) is 21.9. The second kappa shape index (κ2) is 20.5. The number of rotatable bonds is 20. The Labute approximate surface area is 162 Å². The summed E-state index contributed by atoms with van der Waals surface area (Å²) in [6.45, 7) is 2.26. The van der Waals surface area contributed by atoms with Crippen molar-refractivity contribution >= 4 is 11.8 Å². The first-order valence-corrected chi connectivity index (χ1v) is 11.3. The van der Waals surface area contributed by atoms with Crippen molar-refractivity contribution in [3.05, 3.63) is 0 Å². The topological polar surface area (TPSA) is 43.4 Å². The summed E-state index contributed by atoms with van der Waals surface area (Å²) in [5, 5.41) is 0. The molecule has 0 N–H and O–H groups in total. The highest BCUT2D eigenvalue weighted by molar-refractivity contribution is 5.78. The van der Waals surface area contributed by atoms with Crippen molar-refractivity contribution < 1.29 is 14.3 Å². The van der Waals surface area contributed by atoms with Crippen molar-refractivity contribution in [2.45, 2.75) is 129 Å². The van der Waals surface area contributed by atoms with E-state index in [0.717, 1.165) is 51.4 Å². The molecule has 0 saturated heterocycles. The number of ether oxygens (including phenoxy) is 1. The van der Waals surface area contributed by atoms with Gasteiger partial charge in [-0.3, -0.25) is 9.59 Å². The van der Waals surface area contributed by atoms with E-state index in [9.17, 15) is 9.59 Å². The van der Waals surface area contributed by atoms with Crippen LogP contribution in [0.25, 0.3) is 0 Å². The smallest absolute Gasteiger partial charge is 0.305 e. The van der Waals surface area contributed by atoms with Crippen LogP contribution < -0.4 is 0 Å². The molecule has 3 nitrogen and oxygen atoms in total. The summed E-state index contributed by atoms with van der Waals surface area (Å²) in [7, 11) is 1.43. The maximum atomic E-state index is 11.9. The van der Waals surface area contributed by atoms with Crippen LogP contribution in [0.4, 0.5) is 0 Å². The van der Waals surface area contributed by atoms with Crippen LogP contribution in [0.15, 0.2) is 0 Å². The van der Waals surface area contributed by atoms with E-state index in [4.69, 9.17) is 0 Å². The molecule has 0 amide bonds. The van der Waals surface area contributed by atoms with E-state index in [1.807, 2.05) is 0 Å². The maximum absolute atomic E-state index is 11.9. The molecular formula is C23H44O3. The summed E-state index contributed by atoms with van der Waals surface area (Å²) in [4.78, 5) is 22.8. The molecule has 0 saturated carbocycles. The zero-order valence-corrected chi connectivity index (χ0v) is 17.7. The van der Waals surface area contributed by atoms with Crippen LogP contribution in [0.2, 0.25) is 0 Å². The minimum absolute atomic E-state index is 0.118. The molecule has 26 heavy (non-hydrogen) atoms. The van der Waals surface area contributed by atoms with Gasteiger partial charge in [0.05, 0.1) is 7.11 Å². The number of ketones is 1. The number of carbonyl (C=O) groups excluding carboxylic acids is 2. The van der Waals surface area contributed by atoms with Gasteiger partial charge in [0.1, 0.15) is 5.78 Å². The number of unbranched alkanes of at least 4 members (excludes halogenated alkanes) is 14. The van der Waals surface area contributed by atoms with E-state index in [1.54, 1.807) is 0 Å². The summed E-state index contributed by atoms with van der Waals surface area (Å²) >= 11 is 0. The van der Waals surface area contributed by atoms with E-state index in [2.05, 4.69) is 11.7 Å². The first kappa shape index (κ1) is 25.1. The van der Waals surface area contributed by atoms with Crippen LogP contribution in [-0.4, -0.2) is 18.9 Å². The van der Waals surface area contributed by atoms with Gasteiger partial charge in [-0.15, -0.1) is 0 Å². The Bertz CT molecular complexity index is 325. The first-order chi connectivity index (χ1) is 12.7. The highest BCUT2D eigenvalue weighted by Gasteiger charge is 2.03. The van der Waals surface area contributed by atoms with E-state index < -0.39 is 0 Å². The normalized spacial score (nSPS) is 10.8. The van der Waals surface area contributed by atoms with Gasteiger partial charge in [0.2, 0.25) is 0 Å². The summed E-state index contributed by atoms with van der Waals surface area (Å²) in [5.74, 6) is 0.322. The van der Waals surface area contributed by atoms with Crippen LogP contribution in [0.1, 0.15) is 129 Å². The molecule has 0 aromatic carbocycles. The van der Waals surface area contributed by atoms with E-state index in [-0.39, 0.29) is 5.97 Å². The molecule has 0 bridgehead atoms. The third-order valence-corrected chi connectivity index (χ3v) is 5.12. The molecule has 0 heterocycles. The maximum Gasteiger partial charge on any atom is 0.305 e. The minimum atomic E-state index is -0.118. The largest absolute Gasteiger partial charge is 0.469 e. The molecule has 3 heteroatoms. The minimum Gasteiger partial charge on any atom is -0.469 e. The molecule has 0 unspecified atom stereocenters. The number of carbonyl (C=O) groups is 2. The van der Waals surface area contributed by atoms with Crippen LogP contribution in [0, 0.1) is 0 Å². The zero-order chi connectivity index (χ0) is 19.3. The Hall–Kier alpha value is -0.860. The monoisotopic (exact) mass is 368 g/mol. The Balaban J connectivity index is 3.19. The Morgan fingerprint density at radius 2 is 0.885 bits per heavy atom. The number of hydrogen-bond donors (Lipinski definition) is 0. The highest BCUT2D eigenvalue weighted by Crippen LogP contribution is 2.13. The molecule has 0 rings (SSSR count). The predicted molar refractivity (Wildman–Crippen MR) is 110 cm³/mol. The third kappa shape index (κ3) is 19.5. The van der Waals surface area contributed by atoms with Gasteiger partial charge in [0.25, 0.3) is 0 Å². The molecule has 0 spiro atoms. The number of methoxy groups -OCH3 is 1. The molecule has 0 aliphatic rings. The fraction of sp³-hybridized carbons (Fsp3) is 0.913. The van der Waals surface area contributed by atoms with Crippen LogP contribution in [-0.2, 0) is 14.3 Å². The highest BCUT2D eigenvalue weighted by atomic mass is 16.5. The number of esters is 1. The van der Waals surface area contributed by atoms with Crippen LogP contribution >= 0.6 is 0 Å². The molecule has 0 radical (unpaired) electrons. The van der Waals surface area contributed by atoms with Crippen molar-refractivity contribution in [2.75, 3.05) is 7.11 Å². The average Bonchev–Trinajstić information content (AvgIpc) is 2.65.